The van der Waals surface area contributed by atoms with Crippen LogP contribution in [0.15, 0.2) is 0 Å². The van der Waals surface area contributed by atoms with E-state index < -0.39 is 0 Å². The monoisotopic (exact) mass is 156 g/mol. The lowest BCUT2D eigenvalue weighted by atomic mass is 10.0. The van der Waals surface area contributed by atoms with Gasteiger partial charge in [-0.2, -0.15) is 0 Å². The van der Waals surface area contributed by atoms with E-state index in [2.05, 4.69) is 6.92 Å². The highest BCUT2D eigenvalue weighted by Crippen LogP contribution is 2.20. The number of ether oxygens (including phenoxy) is 1. The van der Waals surface area contributed by atoms with Gasteiger partial charge in [0.15, 0.2) is 0 Å². The maximum Gasteiger partial charge on any atom is 0.308 e. The molecule has 1 aliphatic rings. The van der Waals surface area contributed by atoms with Gasteiger partial charge in [-0.3, -0.25) is 4.79 Å². The van der Waals surface area contributed by atoms with Crippen molar-refractivity contribution < 1.29 is 9.53 Å². The Morgan fingerprint density at radius 3 is 2.91 bits per heavy atom. The van der Waals surface area contributed by atoms with Crippen molar-refractivity contribution in [1.29, 1.82) is 0 Å². The van der Waals surface area contributed by atoms with Gasteiger partial charge in [0.1, 0.15) is 6.10 Å². The normalized spacial score (nSPS) is 32.7. The molecule has 1 rings (SSSR count). The molecule has 0 saturated carbocycles. The van der Waals surface area contributed by atoms with Crippen LogP contribution in [0.1, 0.15) is 39.5 Å². The lowest BCUT2D eigenvalue weighted by molar-refractivity contribution is -0.152. The Kier molecular flexibility index (Phi) is 2.92. The largest absolute Gasteiger partial charge is 0.462 e. The molecule has 0 aliphatic carbocycles. The van der Waals surface area contributed by atoms with Crippen molar-refractivity contribution in [3.05, 3.63) is 0 Å². The van der Waals surface area contributed by atoms with Crippen LogP contribution >= 0.6 is 0 Å². The summed E-state index contributed by atoms with van der Waals surface area (Å²) in [7, 11) is 0. The molecular weight excluding hydrogens is 140 g/mol. The average molecular weight is 156 g/mol. The Morgan fingerprint density at radius 2 is 2.27 bits per heavy atom. The summed E-state index contributed by atoms with van der Waals surface area (Å²) in [4.78, 5) is 11.2. The zero-order valence-electron chi connectivity index (χ0n) is 7.30. The third-order valence-corrected chi connectivity index (χ3v) is 2.30. The Labute approximate surface area is 67.9 Å². The van der Waals surface area contributed by atoms with Gasteiger partial charge in [-0.25, -0.2) is 0 Å². The first-order valence-electron chi connectivity index (χ1n) is 4.44. The standard InChI is InChI=1S/C9H16O2/c1-3-8-6-4-5-7(2)9(10)11-8/h7-8H,3-6H2,1-2H3. The topological polar surface area (TPSA) is 26.3 Å². The van der Waals surface area contributed by atoms with E-state index in [1.54, 1.807) is 0 Å². The van der Waals surface area contributed by atoms with E-state index in [-0.39, 0.29) is 18.0 Å². The van der Waals surface area contributed by atoms with Gasteiger partial charge >= 0.3 is 5.97 Å². The van der Waals surface area contributed by atoms with Gasteiger partial charge in [0, 0.05) is 0 Å². The second-order valence-corrected chi connectivity index (χ2v) is 3.30. The summed E-state index contributed by atoms with van der Waals surface area (Å²) < 4.78 is 5.23. The highest BCUT2D eigenvalue weighted by molar-refractivity contribution is 5.72. The van der Waals surface area contributed by atoms with Gasteiger partial charge in [-0.1, -0.05) is 13.8 Å². The quantitative estimate of drug-likeness (QED) is 0.543. The first kappa shape index (κ1) is 8.57. The fourth-order valence-electron chi connectivity index (χ4n) is 1.40. The molecule has 1 heterocycles. The Hall–Kier alpha value is -0.530. The van der Waals surface area contributed by atoms with Gasteiger partial charge in [0.05, 0.1) is 5.92 Å². The van der Waals surface area contributed by atoms with Crippen molar-refractivity contribution in [3.63, 3.8) is 0 Å². The van der Waals surface area contributed by atoms with Crippen LogP contribution in [0, 0.1) is 5.92 Å². The number of rotatable bonds is 1. The summed E-state index contributed by atoms with van der Waals surface area (Å²) in [5.41, 5.74) is 0. The Morgan fingerprint density at radius 1 is 1.55 bits per heavy atom. The molecule has 0 radical (unpaired) electrons. The molecule has 2 unspecified atom stereocenters. The molecule has 2 nitrogen and oxygen atoms in total. The number of cyclic esters (lactones) is 1. The first-order chi connectivity index (χ1) is 5.24. The summed E-state index contributed by atoms with van der Waals surface area (Å²) in [6.45, 7) is 4.01. The fraction of sp³-hybridized carbons (Fsp3) is 0.889. The van der Waals surface area contributed by atoms with Crippen LogP contribution < -0.4 is 0 Å². The molecule has 1 aliphatic heterocycles. The van der Waals surface area contributed by atoms with E-state index in [1.807, 2.05) is 6.92 Å². The number of carbonyl (C=O) groups excluding carboxylic acids is 1. The van der Waals surface area contributed by atoms with Gasteiger partial charge in [0.2, 0.25) is 0 Å². The summed E-state index contributed by atoms with van der Waals surface area (Å²) >= 11 is 0. The van der Waals surface area contributed by atoms with E-state index in [4.69, 9.17) is 4.74 Å². The minimum Gasteiger partial charge on any atom is -0.462 e. The molecule has 1 saturated heterocycles. The van der Waals surface area contributed by atoms with Gasteiger partial charge < -0.3 is 4.74 Å². The van der Waals surface area contributed by atoms with E-state index in [9.17, 15) is 4.79 Å². The van der Waals surface area contributed by atoms with Gasteiger partial charge in [0.25, 0.3) is 0 Å². The van der Waals surface area contributed by atoms with E-state index in [0.29, 0.717) is 0 Å². The van der Waals surface area contributed by atoms with Crippen molar-refractivity contribution >= 4 is 5.97 Å². The van der Waals surface area contributed by atoms with Crippen molar-refractivity contribution in [2.24, 2.45) is 5.92 Å². The predicted octanol–water partition coefficient (Wildman–Crippen LogP) is 2.13. The molecule has 0 N–H and O–H groups in total. The third-order valence-electron chi connectivity index (χ3n) is 2.30. The number of esters is 1. The van der Waals surface area contributed by atoms with Crippen molar-refractivity contribution in [1.82, 2.24) is 0 Å². The molecule has 2 heteroatoms. The molecule has 1 fully saturated rings. The van der Waals surface area contributed by atoms with E-state index in [1.165, 1.54) is 0 Å². The van der Waals surface area contributed by atoms with Crippen molar-refractivity contribution in [2.45, 2.75) is 45.6 Å². The number of carbonyl (C=O) groups is 1. The van der Waals surface area contributed by atoms with Crippen LogP contribution in [0.2, 0.25) is 0 Å². The highest BCUT2D eigenvalue weighted by atomic mass is 16.5. The molecule has 64 valence electrons. The lowest BCUT2D eigenvalue weighted by Crippen LogP contribution is -2.18. The molecule has 0 spiro atoms. The van der Waals surface area contributed by atoms with Crippen LogP contribution in [0.4, 0.5) is 0 Å². The second-order valence-electron chi connectivity index (χ2n) is 3.30. The second kappa shape index (κ2) is 3.74. The fourth-order valence-corrected chi connectivity index (χ4v) is 1.40. The van der Waals surface area contributed by atoms with Gasteiger partial charge in [-0.15, -0.1) is 0 Å². The van der Waals surface area contributed by atoms with Crippen LogP contribution in [0.25, 0.3) is 0 Å². The molecule has 0 aromatic carbocycles. The number of hydrogen-bond donors (Lipinski definition) is 0. The maximum absolute atomic E-state index is 11.2. The molecule has 0 bridgehead atoms. The maximum atomic E-state index is 11.2. The van der Waals surface area contributed by atoms with Crippen LogP contribution in [-0.2, 0) is 9.53 Å². The van der Waals surface area contributed by atoms with Gasteiger partial charge in [-0.05, 0) is 25.7 Å². The Balaban J connectivity index is 2.48. The minimum absolute atomic E-state index is 0.00523. The Bertz CT molecular complexity index is 142. The smallest absolute Gasteiger partial charge is 0.308 e. The molecule has 2 atom stereocenters. The molecule has 11 heavy (non-hydrogen) atoms. The zero-order valence-corrected chi connectivity index (χ0v) is 7.30. The summed E-state index contributed by atoms with van der Waals surface area (Å²) in [6, 6.07) is 0. The summed E-state index contributed by atoms with van der Waals surface area (Å²) in [5.74, 6) is 0.112. The highest BCUT2D eigenvalue weighted by Gasteiger charge is 2.22. The third kappa shape index (κ3) is 2.21. The minimum atomic E-state index is -0.00523. The predicted molar refractivity (Wildman–Crippen MR) is 43.2 cm³/mol. The van der Waals surface area contributed by atoms with Crippen LogP contribution in [0.5, 0.6) is 0 Å². The van der Waals surface area contributed by atoms with Crippen molar-refractivity contribution in [3.8, 4) is 0 Å². The average Bonchev–Trinajstić information content (AvgIpc) is 2.15. The lowest BCUT2D eigenvalue weighted by Gasteiger charge is -2.12. The molecule has 0 aromatic rings. The first-order valence-corrected chi connectivity index (χ1v) is 4.44. The van der Waals surface area contributed by atoms with Crippen molar-refractivity contribution in [2.75, 3.05) is 0 Å². The SMILES string of the molecule is CCC1CCCC(C)C(=O)O1. The molecule has 0 amide bonds. The summed E-state index contributed by atoms with van der Waals surface area (Å²) in [5, 5.41) is 0. The van der Waals surface area contributed by atoms with E-state index >= 15 is 0 Å². The van der Waals surface area contributed by atoms with Crippen LogP contribution in [0.3, 0.4) is 0 Å². The van der Waals surface area contributed by atoms with Crippen LogP contribution in [-0.4, -0.2) is 12.1 Å². The number of hydrogen-bond acceptors (Lipinski definition) is 2. The molecule has 0 aromatic heterocycles. The van der Waals surface area contributed by atoms with E-state index in [0.717, 1.165) is 25.7 Å². The zero-order chi connectivity index (χ0) is 8.27. The summed E-state index contributed by atoms with van der Waals surface area (Å²) in [6.07, 6.45) is 4.32. The molecular formula is C9H16O2.